The van der Waals surface area contributed by atoms with E-state index < -0.39 is 5.54 Å². The number of aryl methyl sites for hydroxylation is 1. The largest absolute Gasteiger partial charge is 0.441 e. The van der Waals surface area contributed by atoms with Gasteiger partial charge in [-0.25, -0.2) is 4.98 Å². The SMILES string of the molecule is Cc1nc2cc(CCNC(=O)C3(N)CC3)ccc2o1. The number of carbonyl (C=O) groups excluding carboxylic acids is 1. The quantitative estimate of drug-likeness (QED) is 0.866. The van der Waals surface area contributed by atoms with Crippen LogP contribution in [-0.2, 0) is 11.2 Å². The standard InChI is InChI=1S/C14H17N3O2/c1-9-17-11-8-10(2-3-12(11)19-9)4-7-16-13(18)14(15)5-6-14/h2-3,8H,4-7,15H2,1H3,(H,16,18). The van der Waals surface area contributed by atoms with E-state index in [-0.39, 0.29) is 5.91 Å². The fourth-order valence-corrected chi connectivity index (χ4v) is 2.10. The highest BCUT2D eigenvalue weighted by atomic mass is 16.3. The number of rotatable bonds is 4. The molecule has 2 aromatic rings. The molecule has 1 heterocycles. The lowest BCUT2D eigenvalue weighted by molar-refractivity contribution is -0.123. The lowest BCUT2D eigenvalue weighted by Crippen LogP contribution is -2.43. The van der Waals surface area contributed by atoms with E-state index in [2.05, 4.69) is 10.3 Å². The number of hydrogen-bond acceptors (Lipinski definition) is 4. The molecular weight excluding hydrogens is 242 g/mol. The van der Waals surface area contributed by atoms with Gasteiger partial charge < -0.3 is 15.5 Å². The van der Waals surface area contributed by atoms with Gasteiger partial charge in [0.2, 0.25) is 5.91 Å². The van der Waals surface area contributed by atoms with E-state index in [1.54, 1.807) is 0 Å². The Morgan fingerprint density at radius 1 is 1.53 bits per heavy atom. The topological polar surface area (TPSA) is 81.2 Å². The Bertz CT molecular complexity index is 629. The van der Waals surface area contributed by atoms with Gasteiger partial charge in [0.25, 0.3) is 0 Å². The van der Waals surface area contributed by atoms with Gasteiger partial charge in [-0.3, -0.25) is 4.79 Å². The maximum Gasteiger partial charge on any atom is 0.240 e. The Morgan fingerprint density at radius 2 is 2.32 bits per heavy atom. The van der Waals surface area contributed by atoms with E-state index in [4.69, 9.17) is 10.2 Å². The molecule has 5 nitrogen and oxygen atoms in total. The molecule has 1 amide bonds. The van der Waals surface area contributed by atoms with Crippen LogP contribution in [0.3, 0.4) is 0 Å². The molecule has 1 aliphatic rings. The van der Waals surface area contributed by atoms with E-state index in [0.29, 0.717) is 12.4 Å². The van der Waals surface area contributed by atoms with Crippen molar-refractivity contribution in [2.24, 2.45) is 5.73 Å². The van der Waals surface area contributed by atoms with Crippen LogP contribution in [0, 0.1) is 6.92 Å². The van der Waals surface area contributed by atoms with Crippen molar-refractivity contribution in [3.8, 4) is 0 Å². The van der Waals surface area contributed by atoms with Gasteiger partial charge >= 0.3 is 0 Å². The summed E-state index contributed by atoms with van der Waals surface area (Å²) in [6.45, 7) is 2.43. The fourth-order valence-electron chi connectivity index (χ4n) is 2.10. The Labute approximate surface area is 111 Å². The molecule has 0 spiro atoms. The minimum absolute atomic E-state index is 0.0362. The second kappa shape index (κ2) is 4.35. The summed E-state index contributed by atoms with van der Waals surface area (Å²) < 4.78 is 5.42. The molecule has 0 atom stereocenters. The molecule has 1 saturated carbocycles. The molecule has 3 rings (SSSR count). The number of oxazole rings is 1. The summed E-state index contributed by atoms with van der Waals surface area (Å²) in [4.78, 5) is 16.0. The van der Waals surface area contributed by atoms with E-state index in [1.165, 1.54) is 0 Å². The van der Waals surface area contributed by atoms with Crippen LogP contribution >= 0.6 is 0 Å². The van der Waals surface area contributed by atoms with E-state index >= 15 is 0 Å². The molecule has 0 bridgehead atoms. The average molecular weight is 259 g/mol. The molecule has 1 aliphatic carbocycles. The maximum absolute atomic E-state index is 11.7. The molecule has 3 N–H and O–H groups in total. The maximum atomic E-state index is 11.7. The third kappa shape index (κ3) is 2.46. The number of benzene rings is 1. The van der Waals surface area contributed by atoms with E-state index in [1.807, 2.05) is 25.1 Å². The van der Waals surface area contributed by atoms with Crippen molar-refractivity contribution >= 4 is 17.0 Å². The molecule has 5 heteroatoms. The molecule has 100 valence electrons. The molecule has 19 heavy (non-hydrogen) atoms. The Hall–Kier alpha value is -1.88. The average Bonchev–Trinajstić information content (AvgIpc) is 3.01. The minimum Gasteiger partial charge on any atom is -0.441 e. The highest BCUT2D eigenvalue weighted by Gasteiger charge is 2.45. The van der Waals surface area contributed by atoms with Crippen LogP contribution in [0.1, 0.15) is 24.3 Å². The Morgan fingerprint density at radius 3 is 3.05 bits per heavy atom. The van der Waals surface area contributed by atoms with Crippen LogP contribution in [0.4, 0.5) is 0 Å². The first-order valence-electron chi connectivity index (χ1n) is 6.50. The van der Waals surface area contributed by atoms with Gasteiger partial charge in [-0.15, -0.1) is 0 Å². The number of hydrogen-bond donors (Lipinski definition) is 2. The number of fused-ring (bicyclic) bond motifs is 1. The molecule has 0 radical (unpaired) electrons. The first kappa shape index (κ1) is 12.2. The summed E-state index contributed by atoms with van der Waals surface area (Å²) in [5.41, 5.74) is 8.01. The van der Waals surface area contributed by atoms with Gasteiger partial charge in [-0.1, -0.05) is 6.07 Å². The lowest BCUT2D eigenvalue weighted by Gasteiger charge is -2.09. The number of carbonyl (C=O) groups is 1. The molecule has 0 unspecified atom stereocenters. The summed E-state index contributed by atoms with van der Waals surface area (Å²) in [5.74, 6) is 0.630. The van der Waals surface area contributed by atoms with Crippen LogP contribution in [-0.4, -0.2) is 23.0 Å². The Kier molecular flexibility index (Phi) is 2.78. The highest BCUT2D eigenvalue weighted by molar-refractivity contribution is 5.88. The first-order valence-corrected chi connectivity index (χ1v) is 6.50. The zero-order valence-corrected chi connectivity index (χ0v) is 10.9. The van der Waals surface area contributed by atoms with Crippen molar-refractivity contribution in [3.05, 3.63) is 29.7 Å². The summed E-state index contributed by atoms with van der Waals surface area (Å²) in [6.07, 6.45) is 2.36. The van der Waals surface area contributed by atoms with Gasteiger partial charge in [0.1, 0.15) is 5.52 Å². The number of aromatic nitrogens is 1. The van der Waals surface area contributed by atoms with E-state index in [0.717, 1.165) is 35.9 Å². The number of nitrogens with zero attached hydrogens (tertiary/aromatic N) is 1. The van der Waals surface area contributed by atoms with Crippen LogP contribution in [0.2, 0.25) is 0 Å². The number of nitrogens with two attached hydrogens (primary N) is 1. The Balaban J connectivity index is 1.60. The molecular formula is C14H17N3O2. The summed E-state index contributed by atoms with van der Waals surface area (Å²) in [7, 11) is 0. The van der Waals surface area contributed by atoms with Gasteiger partial charge in [0.15, 0.2) is 11.5 Å². The van der Waals surface area contributed by atoms with Crippen LogP contribution in [0.5, 0.6) is 0 Å². The predicted molar refractivity (Wildman–Crippen MR) is 71.6 cm³/mol. The predicted octanol–water partition coefficient (Wildman–Crippen LogP) is 1.29. The summed E-state index contributed by atoms with van der Waals surface area (Å²) in [5, 5.41) is 2.88. The summed E-state index contributed by atoms with van der Waals surface area (Å²) in [6, 6.07) is 5.90. The van der Waals surface area contributed by atoms with Crippen LogP contribution in [0.15, 0.2) is 22.6 Å². The van der Waals surface area contributed by atoms with Crippen molar-refractivity contribution in [3.63, 3.8) is 0 Å². The highest BCUT2D eigenvalue weighted by Crippen LogP contribution is 2.32. The van der Waals surface area contributed by atoms with Crippen LogP contribution < -0.4 is 11.1 Å². The van der Waals surface area contributed by atoms with Gasteiger partial charge in [-0.2, -0.15) is 0 Å². The van der Waals surface area contributed by atoms with Gasteiger partial charge in [0, 0.05) is 13.5 Å². The van der Waals surface area contributed by atoms with Crippen molar-refractivity contribution in [1.82, 2.24) is 10.3 Å². The molecule has 0 aliphatic heterocycles. The zero-order valence-electron chi connectivity index (χ0n) is 10.9. The number of amides is 1. The monoisotopic (exact) mass is 259 g/mol. The molecule has 1 aromatic carbocycles. The normalized spacial score (nSPS) is 16.5. The van der Waals surface area contributed by atoms with Crippen molar-refractivity contribution in [1.29, 1.82) is 0 Å². The van der Waals surface area contributed by atoms with E-state index in [9.17, 15) is 4.79 Å². The van der Waals surface area contributed by atoms with Crippen molar-refractivity contribution in [2.75, 3.05) is 6.54 Å². The third-order valence-electron chi connectivity index (χ3n) is 3.50. The molecule has 1 aromatic heterocycles. The fraction of sp³-hybridized carbons (Fsp3) is 0.429. The van der Waals surface area contributed by atoms with Crippen molar-refractivity contribution < 1.29 is 9.21 Å². The lowest BCUT2D eigenvalue weighted by atomic mass is 10.1. The second-order valence-corrected chi connectivity index (χ2v) is 5.20. The third-order valence-corrected chi connectivity index (χ3v) is 3.50. The minimum atomic E-state index is -0.590. The number of nitrogens with one attached hydrogen (secondary N) is 1. The zero-order chi connectivity index (χ0) is 13.5. The van der Waals surface area contributed by atoms with Gasteiger partial charge in [0.05, 0.1) is 5.54 Å². The molecule has 0 saturated heterocycles. The first-order chi connectivity index (χ1) is 9.07. The molecule has 1 fully saturated rings. The van der Waals surface area contributed by atoms with Crippen LogP contribution in [0.25, 0.3) is 11.1 Å². The van der Waals surface area contributed by atoms with Crippen molar-refractivity contribution in [2.45, 2.75) is 31.7 Å². The second-order valence-electron chi connectivity index (χ2n) is 5.20. The van der Waals surface area contributed by atoms with Gasteiger partial charge in [-0.05, 0) is 37.0 Å². The smallest absolute Gasteiger partial charge is 0.240 e. The summed E-state index contributed by atoms with van der Waals surface area (Å²) >= 11 is 0.